The number of rotatable bonds is 0. The lowest BCUT2D eigenvalue weighted by molar-refractivity contribution is 0.558. The minimum Gasteiger partial charge on any atom is -0.412 e. The molecule has 0 aliphatic heterocycles. The molecule has 8 heteroatoms. The van der Waals surface area contributed by atoms with E-state index < -0.39 is 0 Å². The van der Waals surface area contributed by atoms with Crippen LogP contribution in [0.1, 0.15) is 0 Å². The summed E-state index contributed by atoms with van der Waals surface area (Å²) in [6.07, 6.45) is 0. The third-order valence-corrected chi connectivity index (χ3v) is 1.41. The highest BCUT2D eigenvalue weighted by Crippen LogP contribution is 2.36. The molecule has 1 saturated carbocycles. The topological polar surface area (TPSA) is 194 Å². The Balaban J connectivity index is -0.000000180. The maximum atomic E-state index is 10.1. The molecule has 0 heterocycles. The Bertz CT molecular complexity index is 344. The Morgan fingerprint density at radius 1 is 0.438 bits per heavy atom. The summed E-state index contributed by atoms with van der Waals surface area (Å²) in [6.45, 7) is 0. The number of hydrogen-bond acceptors (Lipinski definition) is 4. The van der Waals surface area contributed by atoms with Crippen LogP contribution in [-0.4, -0.2) is 45.7 Å². The highest BCUT2D eigenvalue weighted by atomic mass is 16.1. The van der Waals surface area contributed by atoms with Crippen LogP contribution >= 0.6 is 0 Å². The predicted molar refractivity (Wildman–Crippen MR) is 51.3 cm³/mol. The molecular weight excluding hydrogens is 224 g/mol. The van der Waals surface area contributed by atoms with Gasteiger partial charge in [-0.25, -0.2) is 19.2 Å². The van der Waals surface area contributed by atoms with Crippen LogP contribution in [0.2, 0.25) is 0 Å². The van der Waals surface area contributed by atoms with E-state index in [0.29, 0.717) is 0 Å². The van der Waals surface area contributed by atoms with Crippen molar-refractivity contribution in [1.82, 2.24) is 0 Å². The van der Waals surface area contributed by atoms with Crippen molar-refractivity contribution in [3.8, 4) is 0 Å². The van der Waals surface area contributed by atoms with E-state index >= 15 is 0 Å². The molecule has 0 spiro atoms. The molecular formula is C8H8O8. The Morgan fingerprint density at radius 2 is 0.562 bits per heavy atom. The predicted octanol–water partition coefficient (Wildman–Crippen LogP) is -4.27. The second-order valence-corrected chi connectivity index (χ2v) is 1.91. The van der Waals surface area contributed by atoms with Crippen LogP contribution in [0.3, 0.4) is 0 Å². The monoisotopic (exact) mass is 232 g/mol. The smallest absolute Gasteiger partial charge is 0.135 e. The summed E-state index contributed by atoms with van der Waals surface area (Å²) in [7, 11) is 0. The minimum atomic E-state index is -0.252. The fourth-order valence-electron chi connectivity index (χ4n) is 0.846. The molecule has 0 aromatic heterocycles. The van der Waals surface area contributed by atoms with E-state index in [1.54, 1.807) is 0 Å². The molecule has 0 aromatic rings. The van der Waals surface area contributed by atoms with Crippen LogP contribution in [-0.2, 0) is 19.2 Å². The van der Waals surface area contributed by atoms with E-state index in [1.807, 2.05) is 0 Å². The molecule has 16 heavy (non-hydrogen) atoms. The molecule has 1 aliphatic rings. The molecule has 0 saturated heterocycles. The van der Waals surface area contributed by atoms with E-state index in [9.17, 15) is 19.2 Å². The highest BCUT2D eigenvalue weighted by Gasteiger charge is 2.35. The van der Waals surface area contributed by atoms with Gasteiger partial charge in [0.25, 0.3) is 0 Å². The molecule has 0 atom stereocenters. The zero-order valence-corrected chi connectivity index (χ0v) is 7.63. The van der Waals surface area contributed by atoms with Gasteiger partial charge in [-0.1, -0.05) is 0 Å². The quantitative estimate of drug-likeness (QED) is 0.381. The summed E-state index contributed by atoms with van der Waals surface area (Å²) in [5.41, 5.74) is -1.01. The SMILES string of the molecule is O.O.O.O.O=C=C1C(=C=O)C(=C=O)C1=C=O. The molecule has 0 bridgehead atoms. The Morgan fingerprint density at radius 3 is 0.625 bits per heavy atom. The first kappa shape index (κ1) is 23.5. The minimum absolute atomic E-state index is 0. The normalized spacial score (nSPS) is 10.5. The summed E-state index contributed by atoms with van der Waals surface area (Å²) in [5.74, 6) is 5.34. The number of carbonyl (C=O) groups excluding carboxylic acids is 4. The van der Waals surface area contributed by atoms with Crippen molar-refractivity contribution in [3.63, 3.8) is 0 Å². The zero-order valence-electron chi connectivity index (χ0n) is 7.63. The van der Waals surface area contributed by atoms with Gasteiger partial charge in [-0.15, -0.1) is 0 Å². The average molecular weight is 232 g/mol. The van der Waals surface area contributed by atoms with Crippen LogP contribution < -0.4 is 0 Å². The highest BCUT2D eigenvalue weighted by molar-refractivity contribution is 6.05. The van der Waals surface area contributed by atoms with E-state index in [0.717, 1.165) is 0 Å². The largest absolute Gasteiger partial charge is 0.412 e. The van der Waals surface area contributed by atoms with Crippen LogP contribution in [0.25, 0.3) is 0 Å². The van der Waals surface area contributed by atoms with Gasteiger partial charge in [0.1, 0.15) is 23.8 Å². The molecule has 88 valence electrons. The van der Waals surface area contributed by atoms with Crippen molar-refractivity contribution in [2.24, 2.45) is 0 Å². The first-order chi connectivity index (χ1) is 5.79. The summed E-state index contributed by atoms with van der Waals surface area (Å²) in [5, 5.41) is 0. The third kappa shape index (κ3) is 2.81. The van der Waals surface area contributed by atoms with Gasteiger partial charge in [0.05, 0.1) is 22.3 Å². The summed E-state index contributed by atoms with van der Waals surface area (Å²) in [4.78, 5) is 40.3. The van der Waals surface area contributed by atoms with E-state index in [2.05, 4.69) is 0 Å². The van der Waals surface area contributed by atoms with Gasteiger partial charge in [0.2, 0.25) is 0 Å². The van der Waals surface area contributed by atoms with Gasteiger partial charge < -0.3 is 21.9 Å². The molecule has 1 aliphatic carbocycles. The van der Waals surface area contributed by atoms with Crippen LogP contribution in [0.15, 0.2) is 22.3 Å². The Hall–Kier alpha value is -2.36. The standard InChI is InChI=1S/C8O4.4H2O/c9-1-5-6(2-10)8(4-12)7(5)3-11;;;;/h;4*1H2. The summed E-state index contributed by atoms with van der Waals surface area (Å²) >= 11 is 0. The fourth-order valence-corrected chi connectivity index (χ4v) is 0.846. The van der Waals surface area contributed by atoms with Gasteiger partial charge in [-0.2, -0.15) is 0 Å². The Labute approximate surface area is 88.1 Å². The molecule has 8 nitrogen and oxygen atoms in total. The van der Waals surface area contributed by atoms with Crippen molar-refractivity contribution >= 4 is 23.8 Å². The lowest BCUT2D eigenvalue weighted by atomic mass is 9.78. The fraction of sp³-hybridized carbons (Fsp3) is 0. The van der Waals surface area contributed by atoms with Crippen LogP contribution in [0.4, 0.5) is 0 Å². The lowest BCUT2D eigenvalue weighted by Gasteiger charge is -2.15. The molecule has 8 N–H and O–H groups in total. The number of allylic oxidation sites excluding steroid dienone is 4. The number of hydrogen-bond donors (Lipinski definition) is 0. The van der Waals surface area contributed by atoms with Gasteiger partial charge in [0, 0.05) is 0 Å². The zero-order chi connectivity index (χ0) is 9.14. The van der Waals surface area contributed by atoms with E-state index in [1.165, 1.54) is 23.8 Å². The second-order valence-electron chi connectivity index (χ2n) is 1.91. The van der Waals surface area contributed by atoms with Gasteiger partial charge >= 0.3 is 0 Å². The molecule has 1 fully saturated rings. The average Bonchev–Trinajstić information content (AvgIpc) is 2.05. The first-order valence-electron chi connectivity index (χ1n) is 2.82. The second kappa shape index (κ2) is 9.21. The molecule has 0 amide bonds. The first-order valence-corrected chi connectivity index (χ1v) is 2.82. The third-order valence-electron chi connectivity index (χ3n) is 1.41. The van der Waals surface area contributed by atoms with E-state index in [4.69, 9.17) is 0 Å². The lowest BCUT2D eigenvalue weighted by Crippen LogP contribution is -2.15. The van der Waals surface area contributed by atoms with Crippen molar-refractivity contribution in [1.29, 1.82) is 0 Å². The molecule has 0 aromatic carbocycles. The molecule has 0 unspecified atom stereocenters. The van der Waals surface area contributed by atoms with Gasteiger partial charge in [0.15, 0.2) is 0 Å². The maximum absolute atomic E-state index is 10.1. The Kier molecular flexibility index (Phi) is 13.5. The van der Waals surface area contributed by atoms with Crippen molar-refractivity contribution in [3.05, 3.63) is 22.3 Å². The maximum Gasteiger partial charge on any atom is 0.135 e. The molecule has 1 rings (SSSR count). The summed E-state index contributed by atoms with van der Waals surface area (Å²) < 4.78 is 0. The molecule has 0 radical (unpaired) electrons. The van der Waals surface area contributed by atoms with Crippen LogP contribution in [0.5, 0.6) is 0 Å². The summed E-state index contributed by atoms with van der Waals surface area (Å²) in [6, 6.07) is 0. The van der Waals surface area contributed by atoms with Gasteiger partial charge in [-0.05, 0) is 0 Å². The van der Waals surface area contributed by atoms with Crippen LogP contribution in [0, 0.1) is 0 Å². The van der Waals surface area contributed by atoms with Crippen molar-refractivity contribution in [2.45, 2.75) is 0 Å². The van der Waals surface area contributed by atoms with Crippen molar-refractivity contribution < 1.29 is 41.1 Å². The van der Waals surface area contributed by atoms with Crippen molar-refractivity contribution in [2.75, 3.05) is 0 Å². The van der Waals surface area contributed by atoms with Gasteiger partial charge in [-0.3, -0.25) is 0 Å². The van der Waals surface area contributed by atoms with E-state index in [-0.39, 0.29) is 44.2 Å².